The van der Waals surface area contributed by atoms with Crippen molar-refractivity contribution in [1.82, 2.24) is 4.98 Å². The number of hydrogen-bond donors (Lipinski definition) is 2. The zero-order valence-electron chi connectivity index (χ0n) is 10.5. The highest BCUT2D eigenvalue weighted by atomic mass is 16.4. The summed E-state index contributed by atoms with van der Waals surface area (Å²) in [5, 5.41) is 11.8. The average molecular weight is 260 g/mol. The molecule has 1 amide bonds. The Kier molecular flexibility index (Phi) is 2.97. The van der Waals surface area contributed by atoms with Gasteiger partial charge in [-0.2, -0.15) is 0 Å². The molecule has 0 aliphatic heterocycles. The van der Waals surface area contributed by atoms with E-state index < -0.39 is 5.97 Å². The monoisotopic (exact) mass is 260 g/mol. The lowest BCUT2D eigenvalue weighted by Crippen LogP contribution is -2.18. The number of carbonyl (C=O) groups excluding carboxylic acids is 1. The number of anilines is 1. The lowest BCUT2D eigenvalue weighted by molar-refractivity contribution is -0.117. The highest BCUT2D eigenvalue weighted by Gasteiger charge is 2.54. The van der Waals surface area contributed by atoms with Crippen molar-refractivity contribution in [3.8, 4) is 0 Å². The quantitative estimate of drug-likeness (QED) is 0.872. The summed E-state index contributed by atoms with van der Waals surface area (Å²) in [6, 6.07) is 1.40. The fraction of sp³-hybridized carbons (Fsp3) is 0.500. The second kappa shape index (κ2) is 4.64. The molecule has 5 nitrogen and oxygen atoms in total. The molecule has 0 aromatic carbocycles. The first-order valence-corrected chi connectivity index (χ1v) is 6.66. The molecule has 1 aromatic heterocycles. The molecule has 2 aliphatic carbocycles. The number of hydrogen-bond acceptors (Lipinski definition) is 3. The molecule has 1 heterocycles. The van der Waals surface area contributed by atoms with Crippen LogP contribution in [0.1, 0.15) is 36.0 Å². The molecule has 5 heteroatoms. The van der Waals surface area contributed by atoms with E-state index in [1.807, 2.05) is 0 Å². The third-order valence-electron chi connectivity index (χ3n) is 4.27. The van der Waals surface area contributed by atoms with Gasteiger partial charge in [0.2, 0.25) is 5.91 Å². The largest absolute Gasteiger partial charge is 0.478 e. The SMILES string of the molecule is O=C(O)c1ccncc1NC(=O)C1C2CCCCC21. The van der Waals surface area contributed by atoms with Crippen molar-refractivity contribution in [3.05, 3.63) is 24.0 Å². The minimum Gasteiger partial charge on any atom is -0.478 e. The fourth-order valence-electron chi connectivity index (χ4n) is 3.28. The third-order valence-corrected chi connectivity index (χ3v) is 4.27. The lowest BCUT2D eigenvalue weighted by Gasteiger charge is -2.07. The molecule has 0 radical (unpaired) electrons. The summed E-state index contributed by atoms with van der Waals surface area (Å²) in [5.41, 5.74) is 0.385. The van der Waals surface area contributed by atoms with Crippen molar-refractivity contribution in [2.75, 3.05) is 5.32 Å². The zero-order chi connectivity index (χ0) is 13.4. The minimum absolute atomic E-state index is 0.0487. The summed E-state index contributed by atoms with van der Waals surface area (Å²) in [7, 11) is 0. The molecule has 0 spiro atoms. The highest BCUT2D eigenvalue weighted by molar-refractivity contribution is 6.01. The van der Waals surface area contributed by atoms with Gasteiger partial charge in [-0.05, 0) is 30.7 Å². The van der Waals surface area contributed by atoms with Crippen molar-refractivity contribution >= 4 is 17.6 Å². The first-order valence-electron chi connectivity index (χ1n) is 6.66. The van der Waals surface area contributed by atoms with Crippen molar-refractivity contribution < 1.29 is 14.7 Å². The number of nitrogens with one attached hydrogen (secondary N) is 1. The minimum atomic E-state index is -1.05. The Bertz CT molecular complexity index is 517. The van der Waals surface area contributed by atoms with Gasteiger partial charge in [0.15, 0.2) is 0 Å². The van der Waals surface area contributed by atoms with Gasteiger partial charge in [-0.25, -0.2) is 4.79 Å². The summed E-state index contributed by atoms with van der Waals surface area (Å²) < 4.78 is 0. The Hall–Kier alpha value is -1.91. The second-order valence-corrected chi connectivity index (χ2v) is 5.35. The zero-order valence-corrected chi connectivity index (χ0v) is 10.5. The van der Waals surface area contributed by atoms with Gasteiger partial charge in [-0.1, -0.05) is 12.8 Å². The second-order valence-electron chi connectivity index (χ2n) is 5.35. The molecule has 19 heavy (non-hydrogen) atoms. The van der Waals surface area contributed by atoms with E-state index in [4.69, 9.17) is 5.11 Å². The van der Waals surface area contributed by atoms with Crippen LogP contribution in [-0.4, -0.2) is 22.0 Å². The summed E-state index contributed by atoms with van der Waals surface area (Å²) in [6.45, 7) is 0. The van der Waals surface area contributed by atoms with E-state index in [0.29, 0.717) is 17.5 Å². The Balaban J connectivity index is 1.72. The topological polar surface area (TPSA) is 79.3 Å². The average Bonchev–Trinajstić information content (AvgIpc) is 3.13. The molecule has 2 aliphatic rings. The maximum absolute atomic E-state index is 12.2. The van der Waals surface area contributed by atoms with Crippen LogP contribution < -0.4 is 5.32 Å². The van der Waals surface area contributed by atoms with Crippen molar-refractivity contribution in [2.45, 2.75) is 25.7 Å². The first-order chi connectivity index (χ1) is 9.18. The number of carbonyl (C=O) groups is 2. The summed E-state index contributed by atoms with van der Waals surface area (Å²) in [4.78, 5) is 27.1. The van der Waals surface area contributed by atoms with Gasteiger partial charge in [0.25, 0.3) is 0 Å². The van der Waals surface area contributed by atoms with Gasteiger partial charge < -0.3 is 10.4 Å². The standard InChI is InChI=1S/C14H16N2O3/c17-13(12-8-3-1-2-4-9(8)12)16-11-7-15-6-5-10(11)14(18)19/h5-9,12H,1-4H2,(H,16,17)(H,18,19). The van der Waals surface area contributed by atoms with Gasteiger partial charge in [0.05, 0.1) is 17.4 Å². The number of carboxylic acid groups (broad SMARTS) is 1. The van der Waals surface area contributed by atoms with Crippen LogP contribution in [0.2, 0.25) is 0 Å². The lowest BCUT2D eigenvalue weighted by atomic mass is 10.0. The van der Waals surface area contributed by atoms with Crippen LogP contribution in [0.25, 0.3) is 0 Å². The Morgan fingerprint density at radius 3 is 2.58 bits per heavy atom. The molecule has 3 rings (SSSR count). The van der Waals surface area contributed by atoms with E-state index >= 15 is 0 Å². The number of nitrogens with zero attached hydrogens (tertiary/aromatic N) is 1. The van der Waals surface area contributed by atoms with E-state index in [1.54, 1.807) is 0 Å². The molecule has 0 bridgehead atoms. The number of rotatable bonds is 3. The molecule has 2 fully saturated rings. The fourth-order valence-corrected chi connectivity index (χ4v) is 3.28. The molecule has 2 atom stereocenters. The molecule has 2 unspecified atom stereocenters. The summed E-state index contributed by atoms with van der Waals surface area (Å²) in [5.74, 6) is 0.0000586. The number of pyridine rings is 1. The van der Waals surface area contributed by atoms with E-state index in [9.17, 15) is 9.59 Å². The maximum Gasteiger partial charge on any atom is 0.337 e. The smallest absolute Gasteiger partial charge is 0.337 e. The van der Waals surface area contributed by atoms with Gasteiger partial charge >= 0.3 is 5.97 Å². The Labute approximate surface area is 111 Å². The molecule has 100 valence electrons. The van der Waals surface area contributed by atoms with Crippen LogP contribution >= 0.6 is 0 Å². The summed E-state index contributed by atoms with van der Waals surface area (Å²) >= 11 is 0. The predicted octanol–water partition coefficient (Wildman–Crippen LogP) is 2.15. The molecular weight excluding hydrogens is 244 g/mol. The van der Waals surface area contributed by atoms with Gasteiger partial charge in [0.1, 0.15) is 0 Å². The number of aromatic carboxylic acids is 1. The predicted molar refractivity (Wildman–Crippen MR) is 68.8 cm³/mol. The third kappa shape index (κ3) is 2.20. The number of aromatic nitrogens is 1. The van der Waals surface area contributed by atoms with Crippen LogP contribution in [0.4, 0.5) is 5.69 Å². The molecule has 2 saturated carbocycles. The Morgan fingerprint density at radius 1 is 1.26 bits per heavy atom. The van der Waals surface area contributed by atoms with Gasteiger partial charge in [-0.15, -0.1) is 0 Å². The van der Waals surface area contributed by atoms with E-state index in [-0.39, 0.29) is 17.4 Å². The van der Waals surface area contributed by atoms with E-state index in [0.717, 1.165) is 12.8 Å². The van der Waals surface area contributed by atoms with Gasteiger partial charge in [0, 0.05) is 12.1 Å². The number of carboxylic acids is 1. The molecule has 1 aromatic rings. The van der Waals surface area contributed by atoms with E-state index in [2.05, 4.69) is 10.3 Å². The van der Waals surface area contributed by atoms with Crippen LogP contribution in [0.15, 0.2) is 18.5 Å². The van der Waals surface area contributed by atoms with Crippen molar-refractivity contribution in [3.63, 3.8) is 0 Å². The van der Waals surface area contributed by atoms with Crippen molar-refractivity contribution in [1.29, 1.82) is 0 Å². The number of amides is 1. The summed E-state index contributed by atoms with van der Waals surface area (Å²) in [6.07, 6.45) is 7.48. The molecule has 2 N–H and O–H groups in total. The Morgan fingerprint density at radius 2 is 1.95 bits per heavy atom. The van der Waals surface area contributed by atoms with Crippen molar-refractivity contribution in [2.24, 2.45) is 17.8 Å². The first kappa shape index (κ1) is 12.1. The van der Waals surface area contributed by atoms with Gasteiger partial charge in [-0.3, -0.25) is 9.78 Å². The molecular formula is C14H16N2O3. The van der Waals surface area contributed by atoms with Crippen LogP contribution in [0.5, 0.6) is 0 Å². The molecule has 0 saturated heterocycles. The number of fused-ring (bicyclic) bond motifs is 1. The highest BCUT2D eigenvalue weighted by Crippen LogP contribution is 2.55. The normalized spacial score (nSPS) is 28.3. The maximum atomic E-state index is 12.2. The van der Waals surface area contributed by atoms with Crippen LogP contribution in [-0.2, 0) is 4.79 Å². The van der Waals surface area contributed by atoms with Crippen LogP contribution in [0, 0.1) is 17.8 Å². The van der Waals surface area contributed by atoms with Crippen LogP contribution in [0.3, 0.4) is 0 Å². The van der Waals surface area contributed by atoms with E-state index in [1.165, 1.54) is 31.3 Å².